The molecule has 0 saturated carbocycles. The summed E-state index contributed by atoms with van der Waals surface area (Å²) >= 11 is 0. The van der Waals surface area contributed by atoms with Crippen molar-refractivity contribution in [3.8, 4) is 0 Å². The van der Waals surface area contributed by atoms with E-state index in [1.54, 1.807) is 20.8 Å². The molecule has 0 bridgehead atoms. The van der Waals surface area contributed by atoms with Crippen molar-refractivity contribution < 1.29 is 23.9 Å². The van der Waals surface area contributed by atoms with Crippen LogP contribution in [-0.4, -0.2) is 46.9 Å². The Balaban J connectivity index is 2.45. The van der Waals surface area contributed by atoms with Crippen LogP contribution < -0.4 is 16.4 Å². The van der Waals surface area contributed by atoms with Gasteiger partial charge < -0.3 is 26.0 Å². The predicted molar refractivity (Wildman–Crippen MR) is 150 cm³/mol. The fourth-order valence-corrected chi connectivity index (χ4v) is 3.95. The van der Waals surface area contributed by atoms with Crippen LogP contribution in [0.25, 0.3) is 0 Å². The predicted octanol–water partition coefficient (Wildman–Crippen LogP) is 3.78. The van der Waals surface area contributed by atoms with Crippen molar-refractivity contribution in [1.29, 1.82) is 0 Å². The molecule has 0 spiro atoms. The van der Waals surface area contributed by atoms with Crippen LogP contribution in [0.5, 0.6) is 0 Å². The zero-order valence-corrected chi connectivity index (χ0v) is 23.2. The molecule has 0 aliphatic rings. The lowest BCUT2D eigenvalue weighted by Gasteiger charge is -2.34. The Morgan fingerprint density at radius 1 is 1.03 bits per heavy atom. The molecule has 210 valence electrons. The standard InChI is InChI=1S/C30H40N4O5/c1-6-19-34(28(37)24(17-18-25(31)35)33-29(38)39-30(3,4)5)26(23-15-13-21(7-2)14-16-23)27(36)32-20-22-11-9-8-10-12-22/h6,8-16,24,26H,1,7,17-20H2,2-5H3,(H2,31,35)(H,32,36)(H,33,38). The third-order valence-electron chi connectivity index (χ3n) is 5.85. The van der Waals surface area contributed by atoms with Crippen molar-refractivity contribution in [2.75, 3.05) is 6.54 Å². The summed E-state index contributed by atoms with van der Waals surface area (Å²) in [6.07, 6.45) is 1.30. The lowest BCUT2D eigenvalue weighted by molar-refractivity contribution is -0.142. The molecule has 9 heteroatoms. The number of hydrogen-bond donors (Lipinski definition) is 3. The molecule has 4 N–H and O–H groups in total. The number of carbonyl (C=O) groups is 4. The highest BCUT2D eigenvalue weighted by Gasteiger charge is 2.35. The summed E-state index contributed by atoms with van der Waals surface area (Å²) < 4.78 is 5.33. The van der Waals surface area contributed by atoms with Crippen molar-refractivity contribution in [3.05, 3.63) is 83.9 Å². The lowest BCUT2D eigenvalue weighted by Crippen LogP contribution is -2.53. The highest BCUT2D eigenvalue weighted by molar-refractivity contribution is 5.92. The van der Waals surface area contributed by atoms with Gasteiger partial charge in [0, 0.05) is 19.5 Å². The van der Waals surface area contributed by atoms with E-state index in [-0.39, 0.29) is 25.9 Å². The van der Waals surface area contributed by atoms with Crippen LogP contribution in [0.15, 0.2) is 67.3 Å². The highest BCUT2D eigenvalue weighted by Crippen LogP contribution is 2.24. The van der Waals surface area contributed by atoms with Crippen molar-refractivity contribution >= 4 is 23.8 Å². The van der Waals surface area contributed by atoms with Gasteiger partial charge in [0.25, 0.3) is 0 Å². The molecule has 0 radical (unpaired) electrons. The van der Waals surface area contributed by atoms with Crippen LogP contribution in [0.1, 0.15) is 63.3 Å². The van der Waals surface area contributed by atoms with Gasteiger partial charge in [-0.3, -0.25) is 14.4 Å². The summed E-state index contributed by atoms with van der Waals surface area (Å²) in [6, 6.07) is 14.7. The second-order valence-electron chi connectivity index (χ2n) is 10.2. The first-order valence-electron chi connectivity index (χ1n) is 13.0. The summed E-state index contributed by atoms with van der Waals surface area (Å²) in [5.41, 5.74) is 7.11. The molecule has 2 aromatic carbocycles. The van der Waals surface area contributed by atoms with E-state index in [1.807, 2.05) is 61.5 Å². The zero-order chi connectivity index (χ0) is 29.0. The molecule has 4 amide bonds. The van der Waals surface area contributed by atoms with E-state index in [4.69, 9.17) is 10.5 Å². The van der Waals surface area contributed by atoms with Gasteiger partial charge in [0.15, 0.2) is 0 Å². The Kier molecular flexibility index (Phi) is 11.7. The van der Waals surface area contributed by atoms with E-state index in [0.29, 0.717) is 5.56 Å². The van der Waals surface area contributed by atoms with E-state index in [2.05, 4.69) is 17.2 Å². The van der Waals surface area contributed by atoms with Crippen molar-refractivity contribution in [2.24, 2.45) is 5.73 Å². The molecule has 0 aliphatic heterocycles. The minimum absolute atomic E-state index is 0.0147. The van der Waals surface area contributed by atoms with Gasteiger partial charge in [0.1, 0.15) is 17.7 Å². The fraction of sp³-hybridized carbons (Fsp3) is 0.400. The molecule has 2 rings (SSSR count). The molecule has 0 fully saturated rings. The number of alkyl carbamates (subject to hydrolysis) is 1. The number of nitrogens with one attached hydrogen (secondary N) is 2. The maximum absolute atomic E-state index is 13.9. The van der Waals surface area contributed by atoms with E-state index in [1.165, 1.54) is 11.0 Å². The summed E-state index contributed by atoms with van der Waals surface area (Å²) in [4.78, 5) is 53.1. The molecule has 2 aromatic rings. The van der Waals surface area contributed by atoms with Crippen LogP contribution in [0.4, 0.5) is 4.79 Å². The SMILES string of the molecule is C=CCN(C(=O)C(CCC(N)=O)NC(=O)OC(C)(C)C)C(C(=O)NCc1ccccc1)c1ccc(CC)cc1. The molecule has 2 unspecified atom stereocenters. The molecular formula is C30H40N4O5. The van der Waals surface area contributed by atoms with Gasteiger partial charge in [-0.05, 0) is 50.3 Å². The van der Waals surface area contributed by atoms with Gasteiger partial charge in [-0.15, -0.1) is 6.58 Å². The number of nitrogens with zero attached hydrogens (tertiary/aromatic N) is 1. The van der Waals surface area contributed by atoms with Crippen molar-refractivity contribution in [3.63, 3.8) is 0 Å². The number of nitrogens with two attached hydrogens (primary N) is 1. The van der Waals surface area contributed by atoms with Crippen LogP contribution in [0, 0.1) is 0 Å². The zero-order valence-electron chi connectivity index (χ0n) is 23.2. The normalized spacial score (nSPS) is 12.5. The Bertz CT molecular complexity index is 1130. The summed E-state index contributed by atoms with van der Waals surface area (Å²) in [7, 11) is 0. The second kappa shape index (κ2) is 14.7. The average molecular weight is 537 g/mol. The summed E-state index contributed by atoms with van der Waals surface area (Å²) in [6.45, 7) is 11.2. The monoisotopic (exact) mass is 536 g/mol. The van der Waals surface area contributed by atoms with Crippen LogP contribution >= 0.6 is 0 Å². The third-order valence-corrected chi connectivity index (χ3v) is 5.85. The summed E-state index contributed by atoms with van der Waals surface area (Å²) in [5, 5.41) is 5.49. The van der Waals surface area contributed by atoms with E-state index < -0.39 is 41.5 Å². The molecule has 2 atom stereocenters. The van der Waals surface area contributed by atoms with Gasteiger partial charge in [-0.25, -0.2) is 4.79 Å². The maximum Gasteiger partial charge on any atom is 0.408 e. The van der Waals surface area contributed by atoms with Crippen LogP contribution in [0.2, 0.25) is 0 Å². The van der Waals surface area contributed by atoms with E-state index >= 15 is 0 Å². The van der Waals surface area contributed by atoms with Gasteiger partial charge in [0.2, 0.25) is 17.7 Å². The summed E-state index contributed by atoms with van der Waals surface area (Å²) in [5.74, 6) is -1.59. The first-order valence-corrected chi connectivity index (χ1v) is 13.0. The van der Waals surface area contributed by atoms with Gasteiger partial charge >= 0.3 is 6.09 Å². The molecular weight excluding hydrogens is 496 g/mol. The minimum Gasteiger partial charge on any atom is -0.444 e. The Hall–Kier alpha value is -4.14. The molecule has 0 aliphatic carbocycles. The Morgan fingerprint density at radius 3 is 2.21 bits per heavy atom. The van der Waals surface area contributed by atoms with Gasteiger partial charge in [0.05, 0.1) is 0 Å². The Morgan fingerprint density at radius 2 is 1.67 bits per heavy atom. The largest absolute Gasteiger partial charge is 0.444 e. The number of aryl methyl sites for hydroxylation is 1. The highest BCUT2D eigenvalue weighted by atomic mass is 16.6. The number of carbonyl (C=O) groups excluding carboxylic acids is 4. The first-order chi connectivity index (χ1) is 18.4. The Labute approximate surface area is 230 Å². The van der Waals surface area contributed by atoms with Crippen molar-refractivity contribution in [2.45, 2.75) is 71.2 Å². The van der Waals surface area contributed by atoms with Gasteiger partial charge in [-0.2, -0.15) is 0 Å². The topological polar surface area (TPSA) is 131 Å². The number of ether oxygens (including phenoxy) is 1. The quantitative estimate of drug-likeness (QED) is 0.335. The van der Waals surface area contributed by atoms with Gasteiger partial charge in [-0.1, -0.05) is 67.6 Å². The number of benzene rings is 2. The van der Waals surface area contributed by atoms with E-state index in [0.717, 1.165) is 17.5 Å². The molecule has 0 heterocycles. The number of rotatable bonds is 13. The third kappa shape index (κ3) is 10.3. The number of amides is 4. The smallest absolute Gasteiger partial charge is 0.408 e. The lowest BCUT2D eigenvalue weighted by atomic mass is 9.99. The molecule has 9 nitrogen and oxygen atoms in total. The molecule has 39 heavy (non-hydrogen) atoms. The second-order valence-corrected chi connectivity index (χ2v) is 10.2. The average Bonchev–Trinajstić information content (AvgIpc) is 2.89. The van der Waals surface area contributed by atoms with Crippen molar-refractivity contribution in [1.82, 2.24) is 15.5 Å². The van der Waals surface area contributed by atoms with E-state index in [9.17, 15) is 19.2 Å². The number of hydrogen-bond acceptors (Lipinski definition) is 5. The maximum atomic E-state index is 13.9. The molecule has 0 saturated heterocycles. The van der Waals surface area contributed by atoms with Crippen LogP contribution in [-0.2, 0) is 32.1 Å². The van der Waals surface area contributed by atoms with Crippen LogP contribution in [0.3, 0.4) is 0 Å². The minimum atomic E-state index is -1.16. The fourth-order valence-electron chi connectivity index (χ4n) is 3.95. The first kappa shape index (κ1) is 31.1. The molecule has 0 aromatic heterocycles. The number of primary amides is 1.